The lowest BCUT2D eigenvalue weighted by Gasteiger charge is -2.35. The maximum atomic E-state index is 12.0. The summed E-state index contributed by atoms with van der Waals surface area (Å²) in [7, 11) is 0. The molecule has 2 aromatic rings. The fourth-order valence-corrected chi connectivity index (χ4v) is 4.54. The SMILES string of the molecule is CCOC(=O)N1CCC(C2c3ncccc3CCc3cc(C)cnc32)CC1. The smallest absolute Gasteiger partial charge is 0.409 e. The Balaban J connectivity index is 1.65. The van der Waals surface area contributed by atoms with Gasteiger partial charge in [0.2, 0.25) is 0 Å². The molecular weight excluding hydrogens is 338 g/mol. The minimum absolute atomic E-state index is 0.190. The van der Waals surface area contributed by atoms with Crippen molar-refractivity contribution in [2.24, 2.45) is 5.92 Å². The zero-order valence-corrected chi connectivity index (χ0v) is 16.1. The van der Waals surface area contributed by atoms with Gasteiger partial charge in [-0.1, -0.05) is 12.1 Å². The van der Waals surface area contributed by atoms with Gasteiger partial charge in [-0.15, -0.1) is 0 Å². The zero-order chi connectivity index (χ0) is 18.8. The van der Waals surface area contributed by atoms with Gasteiger partial charge in [-0.25, -0.2) is 4.79 Å². The molecule has 1 fully saturated rings. The molecule has 1 aliphatic carbocycles. The molecule has 1 saturated heterocycles. The molecule has 2 aliphatic rings. The van der Waals surface area contributed by atoms with Crippen molar-refractivity contribution in [1.82, 2.24) is 14.9 Å². The topological polar surface area (TPSA) is 55.3 Å². The Kier molecular flexibility index (Phi) is 5.10. The second kappa shape index (κ2) is 7.67. The molecular formula is C22H27N3O2. The van der Waals surface area contributed by atoms with Gasteiger partial charge in [-0.3, -0.25) is 9.97 Å². The Labute approximate surface area is 160 Å². The minimum atomic E-state index is -0.190. The number of hydrogen-bond donors (Lipinski definition) is 0. The van der Waals surface area contributed by atoms with Crippen LogP contribution < -0.4 is 0 Å². The van der Waals surface area contributed by atoms with E-state index in [9.17, 15) is 4.79 Å². The molecule has 27 heavy (non-hydrogen) atoms. The first-order chi connectivity index (χ1) is 13.2. The summed E-state index contributed by atoms with van der Waals surface area (Å²) in [5, 5.41) is 0. The number of carbonyl (C=O) groups excluding carboxylic acids is 1. The standard InChI is InChI=1S/C22H27N3O2/c1-3-27-22(26)25-11-8-16(9-12-25)19-20-17(5-4-10-23-20)6-7-18-13-15(2)14-24-21(18)19/h4-5,10,13-14,16,19H,3,6-9,11-12H2,1-2H3. The van der Waals surface area contributed by atoms with Crippen molar-refractivity contribution in [1.29, 1.82) is 0 Å². The van der Waals surface area contributed by atoms with Crippen LogP contribution in [0.3, 0.4) is 0 Å². The lowest BCUT2D eigenvalue weighted by atomic mass is 9.78. The number of carbonyl (C=O) groups is 1. The van der Waals surface area contributed by atoms with E-state index >= 15 is 0 Å². The van der Waals surface area contributed by atoms with Gasteiger partial charge < -0.3 is 9.64 Å². The summed E-state index contributed by atoms with van der Waals surface area (Å²) < 4.78 is 5.17. The maximum Gasteiger partial charge on any atom is 0.409 e. The van der Waals surface area contributed by atoms with E-state index in [4.69, 9.17) is 14.7 Å². The quantitative estimate of drug-likeness (QED) is 0.810. The number of pyridine rings is 2. The van der Waals surface area contributed by atoms with Gasteiger partial charge >= 0.3 is 6.09 Å². The van der Waals surface area contributed by atoms with E-state index < -0.39 is 0 Å². The van der Waals surface area contributed by atoms with Crippen molar-refractivity contribution in [3.8, 4) is 0 Å². The number of rotatable bonds is 2. The molecule has 0 radical (unpaired) electrons. The van der Waals surface area contributed by atoms with Gasteiger partial charge in [0.25, 0.3) is 0 Å². The van der Waals surface area contributed by atoms with Crippen LogP contribution in [-0.4, -0.2) is 40.7 Å². The normalized spacial score (nSPS) is 19.8. The Morgan fingerprint density at radius 3 is 2.70 bits per heavy atom. The maximum absolute atomic E-state index is 12.0. The molecule has 0 aromatic carbocycles. The Morgan fingerprint density at radius 2 is 1.93 bits per heavy atom. The van der Waals surface area contributed by atoms with E-state index in [0.29, 0.717) is 12.5 Å². The van der Waals surface area contributed by atoms with E-state index in [1.807, 2.05) is 30.3 Å². The number of ether oxygens (including phenoxy) is 1. The van der Waals surface area contributed by atoms with Crippen molar-refractivity contribution in [3.63, 3.8) is 0 Å². The van der Waals surface area contributed by atoms with Crippen LogP contribution in [0.1, 0.15) is 53.8 Å². The summed E-state index contributed by atoms with van der Waals surface area (Å²) in [5.41, 5.74) is 6.27. The van der Waals surface area contributed by atoms with Gasteiger partial charge in [0, 0.05) is 31.4 Å². The van der Waals surface area contributed by atoms with E-state index in [0.717, 1.165) is 38.8 Å². The monoisotopic (exact) mass is 365 g/mol. The second-order valence-electron chi connectivity index (χ2n) is 7.61. The van der Waals surface area contributed by atoms with Gasteiger partial charge in [0.1, 0.15) is 0 Å². The van der Waals surface area contributed by atoms with Gasteiger partial charge in [-0.2, -0.15) is 0 Å². The second-order valence-corrected chi connectivity index (χ2v) is 7.61. The molecule has 0 saturated carbocycles. The summed E-state index contributed by atoms with van der Waals surface area (Å²) in [5.74, 6) is 0.653. The van der Waals surface area contributed by atoms with Gasteiger partial charge in [0.15, 0.2) is 0 Å². The predicted octanol–water partition coefficient (Wildman–Crippen LogP) is 3.88. The van der Waals surface area contributed by atoms with Crippen LogP contribution in [0.5, 0.6) is 0 Å². The highest BCUT2D eigenvalue weighted by Gasteiger charge is 2.35. The summed E-state index contributed by atoms with van der Waals surface area (Å²) in [6.45, 7) is 5.86. The highest BCUT2D eigenvalue weighted by atomic mass is 16.6. The first kappa shape index (κ1) is 18.0. The molecule has 5 heteroatoms. The average molecular weight is 365 g/mol. The summed E-state index contributed by atoms with van der Waals surface area (Å²) in [6, 6.07) is 6.53. The molecule has 3 heterocycles. The Bertz CT molecular complexity index is 828. The molecule has 1 amide bonds. The molecule has 2 aromatic heterocycles. The van der Waals surface area contributed by atoms with Crippen molar-refractivity contribution in [2.75, 3.05) is 19.7 Å². The highest BCUT2D eigenvalue weighted by Crippen LogP contribution is 2.41. The van der Waals surface area contributed by atoms with E-state index in [1.54, 1.807) is 0 Å². The number of amides is 1. The van der Waals surface area contributed by atoms with Crippen molar-refractivity contribution in [3.05, 3.63) is 58.7 Å². The molecule has 0 bridgehead atoms. The molecule has 1 unspecified atom stereocenters. The zero-order valence-electron chi connectivity index (χ0n) is 16.1. The lowest BCUT2D eigenvalue weighted by molar-refractivity contribution is 0.0898. The number of nitrogens with zero attached hydrogens (tertiary/aromatic N) is 3. The number of hydrogen-bond acceptors (Lipinski definition) is 4. The van der Waals surface area contributed by atoms with Crippen LogP contribution in [0.15, 0.2) is 30.6 Å². The predicted molar refractivity (Wildman–Crippen MR) is 104 cm³/mol. The molecule has 4 rings (SSSR count). The largest absolute Gasteiger partial charge is 0.450 e. The van der Waals surface area contributed by atoms with Crippen LogP contribution >= 0.6 is 0 Å². The third-order valence-corrected chi connectivity index (χ3v) is 5.85. The van der Waals surface area contributed by atoms with Gasteiger partial charge in [0.05, 0.1) is 18.0 Å². The van der Waals surface area contributed by atoms with Crippen molar-refractivity contribution >= 4 is 6.09 Å². The van der Waals surface area contributed by atoms with Crippen LogP contribution in [0.4, 0.5) is 4.79 Å². The molecule has 5 nitrogen and oxygen atoms in total. The fraction of sp³-hybridized carbons (Fsp3) is 0.500. The minimum Gasteiger partial charge on any atom is -0.450 e. The fourth-order valence-electron chi connectivity index (χ4n) is 4.54. The average Bonchev–Trinajstić information content (AvgIpc) is 2.85. The number of aryl methyl sites for hydroxylation is 3. The molecule has 0 N–H and O–H groups in total. The Morgan fingerprint density at radius 1 is 1.19 bits per heavy atom. The number of fused-ring (bicyclic) bond motifs is 2. The lowest BCUT2D eigenvalue weighted by Crippen LogP contribution is -2.40. The Hall–Kier alpha value is -2.43. The van der Waals surface area contributed by atoms with Crippen LogP contribution in [0.2, 0.25) is 0 Å². The summed E-state index contributed by atoms with van der Waals surface area (Å²) in [4.78, 5) is 23.6. The third-order valence-electron chi connectivity index (χ3n) is 5.85. The van der Waals surface area contributed by atoms with Crippen molar-refractivity contribution < 1.29 is 9.53 Å². The van der Waals surface area contributed by atoms with Crippen LogP contribution in [0.25, 0.3) is 0 Å². The van der Waals surface area contributed by atoms with Crippen LogP contribution in [0, 0.1) is 12.8 Å². The molecule has 1 atom stereocenters. The first-order valence-electron chi connectivity index (χ1n) is 9.98. The van der Waals surface area contributed by atoms with E-state index in [2.05, 4.69) is 19.1 Å². The molecule has 0 spiro atoms. The number of aromatic nitrogens is 2. The highest BCUT2D eigenvalue weighted by molar-refractivity contribution is 5.67. The van der Waals surface area contributed by atoms with E-state index in [-0.39, 0.29) is 12.0 Å². The molecule has 1 aliphatic heterocycles. The van der Waals surface area contributed by atoms with Crippen molar-refractivity contribution in [2.45, 2.75) is 45.4 Å². The molecule has 142 valence electrons. The number of likely N-dealkylation sites (tertiary alicyclic amines) is 1. The van der Waals surface area contributed by atoms with Crippen LogP contribution in [-0.2, 0) is 17.6 Å². The van der Waals surface area contributed by atoms with E-state index in [1.165, 1.54) is 28.1 Å². The summed E-state index contributed by atoms with van der Waals surface area (Å²) in [6.07, 6.45) is 7.62. The summed E-state index contributed by atoms with van der Waals surface area (Å²) >= 11 is 0. The third kappa shape index (κ3) is 3.55. The number of piperidine rings is 1. The van der Waals surface area contributed by atoms with Gasteiger partial charge in [-0.05, 0) is 68.2 Å². The first-order valence-corrected chi connectivity index (χ1v) is 9.98.